The first-order valence-corrected chi connectivity index (χ1v) is 7.64. The van der Waals surface area contributed by atoms with Gasteiger partial charge < -0.3 is 19.6 Å². The number of aromatic nitrogens is 3. The quantitative estimate of drug-likeness (QED) is 0.714. The number of hydrogen-bond donors (Lipinski definition) is 2. The number of carbonyl (C=O) groups is 2. The lowest BCUT2D eigenvalue weighted by atomic mass is 10.1. The van der Waals surface area contributed by atoms with Gasteiger partial charge in [0.05, 0.1) is 13.4 Å². The number of nitrogens with one attached hydrogen (secondary N) is 2. The van der Waals surface area contributed by atoms with E-state index in [0.717, 1.165) is 22.2 Å². The summed E-state index contributed by atoms with van der Waals surface area (Å²) in [6, 6.07) is 7.08. The van der Waals surface area contributed by atoms with Crippen molar-refractivity contribution in [2.45, 2.75) is 19.0 Å². The highest BCUT2D eigenvalue weighted by atomic mass is 16.5. The number of para-hydroxylation sites is 1. The van der Waals surface area contributed by atoms with Crippen LogP contribution >= 0.6 is 0 Å². The second kappa shape index (κ2) is 5.52. The molecule has 4 rings (SSSR count). The van der Waals surface area contributed by atoms with Gasteiger partial charge in [-0.25, -0.2) is 9.78 Å². The first-order valence-electron chi connectivity index (χ1n) is 7.64. The van der Waals surface area contributed by atoms with Gasteiger partial charge in [0.15, 0.2) is 0 Å². The summed E-state index contributed by atoms with van der Waals surface area (Å²) in [6.07, 6.45) is 3.53. The molecule has 7 nitrogen and oxygen atoms in total. The molecule has 2 N–H and O–H groups in total. The topological polar surface area (TPSA) is 91.1 Å². The summed E-state index contributed by atoms with van der Waals surface area (Å²) in [5, 5.41) is 1.01. The summed E-state index contributed by atoms with van der Waals surface area (Å²) in [7, 11) is 1.33. The molecule has 1 aromatic carbocycles. The molecular weight excluding hydrogens is 308 g/mol. The predicted octanol–water partition coefficient (Wildman–Crippen LogP) is 1.63. The molecule has 0 unspecified atom stereocenters. The minimum absolute atomic E-state index is 0.184. The molecule has 7 heteroatoms. The van der Waals surface area contributed by atoms with Crippen molar-refractivity contribution in [1.82, 2.24) is 19.9 Å². The monoisotopic (exact) mass is 324 g/mol. The largest absolute Gasteiger partial charge is 0.467 e. The zero-order valence-electron chi connectivity index (χ0n) is 13.1. The van der Waals surface area contributed by atoms with Crippen molar-refractivity contribution < 1.29 is 14.3 Å². The lowest BCUT2D eigenvalue weighted by Gasteiger charge is -2.25. The maximum Gasteiger partial charge on any atom is 0.329 e. The summed E-state index contributed by atoms with van der Waals surface area (Å²) in [5.41, 5.74) is 3.18. The molecular formula is C17H16N4O3. The molecule has 1 aliphatic heterocycles. The van der Waals surface area contributed by atoms with E-state index < -0.39 is 12.0 Å². The first kappa shape index (κ1) is 14.5. The Bertz CT molecular complexity index is 913. The molecule has 1 aliphatic rings. The van der Waals surface area contributed by atoms with Crippen LogP contribution in [-0.4, -0.2) is 44.9 Å². The molecule has 3 aromatic rings. The SMILES string of the molecule is COC(=O)[C@H](Cc1cnc[nH]1)N1Cc2c([nH]c3ccccc23)C1=O. The van der Waals surface area contributed by atoms with Gasteiger partial charge in [0.2, 0.25) is 0 Å². The Labute approximate surface area is 137 Å². The number of ether oxygens (including phenoxy) is 1. The Morgan fingerprint density at radius 3 is 3.00 bits per heavy atom. The molecule has 0 spiro atoms. The number of hydrogen-bond acceptors (Lipinski definition) is 4. The van der Waals surface area contributed by atoms with E-state index in [1.807, 2.05) is 24.3 Å². The van der Waals surface area contributed by atoms with Gasteiger partial charge in [0.25, 0.3) is 5.91 Å². The van der Waals surface area contributed by atoms with E-state index in [4.69, 9.17) is 4.74 Å². The molecule has 2 aromatic heterocycles. The summed E-state index contributed by atoms with van der Waals surface area (Å²) in [5.74, 6) is -0.622. The van der Waals surface area contributed by atoms with Crippen molar-refractivity contribution in [2.24, 2.45) is 0 Å². The number of amides is 1. The normalized spacial score (nSPS) is 14.9. The van der Waals surface area contributed by atoms with Crippen molar-refractivity contribution in [3.63, 3.8) is 0 Å². The van der Waals surface area contributed by atoms with Crippen LogP contribution in [0.5, 0.6) is 0 Å². The van der Waals surface area contributed by atoms with Crippen molar-refractivity contribution in [3.05, 3.63) is 53.7 Å². The van der Waals surface area contributed by atoms with Crippen LogP contribution in [0.2, 0.25) is 0 Å². The van der Waals surface area contributed by atoms with Crippen molar-refractivity contribution in [3.8, 4) is 0 Å². The summed E-state index contributed by atoms with van der Waals surface area (Å²) in [4.78, 5) is 36.7. The summed E-state index contributed by atoms with van der Waals surface area (Å²) < 4.78 is 4.91. The number of imidazole rings is 1. The summed E-state index contributed by atoms with van der Waals surface area (Å²) in [6.45, 7) is 0.381. The number of nitrogens with zero attached hydrogens (tertiary/aromatic N) is 2. The third kappa shape index (κ3) is 2.17. The number of H-pyrrole nitrogens is 2. The van der Waals surface area contributed by atoms with Crippen LogP contribution in [0, 0.1) is 0 Å². The Kier molecular flexibility index (Phi) is 3.34. The van der Waals surface area contributed by atoms with E-state index >= 15 is 0 Å². The molecule has 3 heterocycles. The number of fused-ring (bicyclic) bond motifs is 3. The average Bonchev–Trinajstić information content (AvgIpc) is 3.30. The van der Waals surface area contributed by atoms with Gasteiger partial charge in [-0.2, -0.15) is 0 Å². The van der Waals surface area contributed by atoms with Crippen LogP contribution in [0.1, 0.15) is 21.7 Å². The third-order valence-corrected chi connectivity index (χ3v) is 4.43. The Morgan fingerprint density at radius 1 is 1.42 bits per heavy atom. The second-order valence-corrected chi connectivity index (χ2v) is 5.78. The van der Waals surface area contributed by atoms with E-state index in [-0.39, 0.29) is 5.91 Å². The number of esters is 1. The molecule has 0 fully saturated rings. The van der Waals surface area contributed by atoms with Gasteiger partial charge >= 0.3 is 5.97 Å². The van der Waals surface area contributed by atoms with E-state index in [1.54, 1.807) is 17.4 Å². The molecule has 0 saturated heterocycles. The van der Waals surface area contributed by atoms with Gasteiger partial charge in [0.1, 0.15) is 11.7 Å². The molecule has 0 radical (unpaired) electrons. The molecule has 1 atom stereocenters. The highest BCUT2D eigenvalue weighted by molar-refractivity contribution is 6.05. The zero-order chi connectivity index (χ0) is 16.7. The summed E-state index contributed by atoms with van der Waals surface area (Å²) >= 11 is 0. The highest BCUT2D eigenvalue weighted by Crippen LogP contribution is 2.32. The van der Waals surface area contributed by atoms with Crippen LogP contribution in [-0.2, 0) is 22.5 Å². The van der Waals surface area contributed by atoms with Crippen LogP contribution in [0.4, 0.5) is 0 Å². The molecule has 24 heavy (non-hydrogen) atoms. The third-order valence-electron chi connectivity index (χ3n) is 4.43. The standard InChI is InChI=1S/C17H16N4O3/c1-24-17(23)14(6-10-7-18-9-19-10)21-8-12-11-4-2-3-5-13(11)20-15(12)16(21)22/h2-5,7,9,14,20H,6,8H2,1H3,(H,18,19)/t14-/m0/s1. The van der Waals surface area contributed by atoms with Crippen molar-refractivity contribution in [2.75, 3.05) is 7.11 Å². The number of aromatic amines is 2. The Hall–Kier alpha value is -3.09. The van der Waals surface area contributed by atoms with Crippen LogP contribution in [0.15, 0.2) is 36.8 Å². The Morgan fingerprint density at radius 2 is 2.25 bits per heavy atom. The molecule has 1 amide bonds. The van der Waals surface area contributed by atoms with E-state index in [2.05, 4.69) is 15.0 Å². The molecule has 0 bridgehead atoms. The van der Waals surface area contributed by atoms with E-state index in [0.29, 0.717) is 18.7 Å². The Balaban J connectivity index is 1.69. The fraction of sp³-hybridized carbons (Fsp3) is 0.235. The van der Waals surface area contributed by atoms with Gasteiger partial charge in [0, 0.05) is 41.3 Å². The molecule has 122 valence electrons. The van der Waals surface area contributed by atoms with Gasteiger partial charge in [-0.15, -0.1) is 0 Å². The van der Waals surface area contributed by atoms with Crippen LogP contribution in [0.3, 0.4) is 0 Å². The number of methoxy groups -OCH3 is 1. The zero-order valence-corrected chi connectivity index (χ0v) is 13.1. The fourth-order valence-electron chi connectivity index (χ4n) is 3.25. The smallest absolute Gasteiger partial charge is 0.329 e. The molecule has 0 aliphatic carbocycles. The number of carbonyl (C=O) groups excluding carboxylic acids is 2. The maximum absolute atomic E-state index is 12.8. The van der Waals surface area contributed by atoms with Gasteiger partial charge in [-0.3, -0.25) is 4.79 Å². The van der Waals surface area contributed by atoms with Gasteiger partial charge in [-0.05, 0) is 6.07 Å². The van der Waals surface area contributed by atoms with Crippen molar-refractivity contribution in [1.29, 1.82) is 0 Å². The minimum atomic E-state index is -0.692. The fourth-order valence-corrected chi connectivity index (χ4v) is 3.25. The van der Waals surface area contributed by atoms with E-state index in [9.17, 15) is 9.59 Å². The number of benzene rings is 1. The van der Waals surface area contributed by atoms with Crippen LogP contribution < -0.4 is 0 Å². The van der Waals surface area contributed by atoms with Crippen molar-refractivity contribution >= 4 is 22.8 Å². The lowest BCUT2D eigenvalue weighted by Crippen LogP contribution is -2.43. The molecule has 0 saturated carbocycles. The van der Waals surface area contributed by atoms with Gasteiger partial charge in [-0.1, -0.05) is 18.2 Å². The van der Waals surface area contributed by atoms with Crippen LogP contribution in [0.25, 0.3) is 10.9 Å². The second-order valence-electron chi connectivity index (χ2n) is 5.78. The highest BCUT2D eigenvalue weighted by Gasteiger charge is 2.39. The number of rotatable bonds is 4. The maximum atomic E-state index is 12.8. The first-order chi connectivity index (χ1) is 11.7. The predicted molar refractivity (Wildman–Crippen MR) is 86.3 cm³/mol. The average molecular weight is 324 g/mol. The minimum Gasteiger partial charge on any atom is -0.467 e. The lowest BCUT2D eigenvalue weighted by molar-refractivity contribution is -0.146. The van der Waals surface area contributed by atoms with E-state index in [1.165, 1.54) is 7.11 Å².